The Kier molecular flexibility index (Phi) is 6.10. The van der Waals surface area contributed by atoms with Crippen molar-refractivity contribution < 1.29 is 4.74 Å². The van der Waals surface area contributed by atoms with E-state index in [0.29, 0.717) is 12.1 Å². The fraction of sp³-hybridized carbons (Fsp3) is 0.684. The standard InChI is InChI=1S/C19H31NO/c1-5-16-8-6-7-9-19(16)20-15(4)17-10-12-18(13-11-17)21-14(2)3/h10-16,19-20H,5-9H2,1-4H3. The predicted octanol–water partition coefficient (Wildman–Crippen LogP) is 5.09. The van der Waals surface area contributed by atoms with Gasteiger partial charge in [-0.1, -0.05) is 38.3 Å². The molecule has 2 nitrogen and oxygen atoms in total. The molecular weight excluding hydrogens is 258 g/mol. The van der Waals surface area contributed by atoms with E-state index in [1.807, 2.05) is 0 Å². The molecule has 1 fully saturated rings. The van der Waals surface area contributed by atoms with Crippen LogP contribution >= 0.6 is 0 Å². The maximum Gasteiger partial charge on any atom is 0.119 e. The molecule has 21 heavy (non-hydrogen) atoms. The van der Waals surface area contributed by atoms with Crippen molar-refractivity contribution in [1.82, 2.24) is 5.32 Å². The molecular formula is C19H31NO. The van der Waals surface area contributed by atoms with Crippen molar-refractivity contribution in [1.29, 1.82) is 0 Å². The van der Waals surface area contributed by atoms with Crippen molar-refractivity contribution >= 4 is 0 Å². The summed E-state index contributed by atoms with van der Waals surface area (Å²) in [5.74, 6) is 1.81. The Balaban J connectivity index is 1.94. The van der Waals surface area contributed by atoms with E-state index >= 15 is 0 Å². The Morgan fingerprint density at radius 2 is 1.76 bits per heavy atom. The van der Waals surface area contributed by atoms with E-state index in [1.165, 1.54) is 37.7 Å². The van der Waals surface area contributed by atoms with Gasteiger partial charge in [-0.15, -0.1) is 0 Å². The van der Waals surface area contributed by atoms with Crippen LogP contribution < -0.4 is 10.1 Å². The molecule has 0 saturated heterocycles. The third kappa shape index (κ3) is 4.74. The molecule has 1 N–H and O–H groups in total. The van der Waals surface area contributed by atoms with Crippen molar-refractivity contribution in [3.63, 3.8) is 0 Å². The van der Waals surface area contributed by atoms with E-state index in [9.17, 15) is 0 Å². The number of rotatable bonds is 6. The number of ether oxygens (including phenoxy) is 1. The Hall–Kier alpha value is -1.02. The lowest BCUT2D eigenvalue weighted by atomic mass is 9.82. The number of hydrogen-bond acceptors (Lipinski definition) is 2. The Morgan fingerprint density at radius 1 is 1.10 bits per heavy atom. The maximum absolute atomic E-state index is 5.71. The van der Waals surface area contributed by atoms with Crippen LogP contribution in [-0.2, 0) is 0 Å². The van der Waals surface area contributed by atoms with Gasteiger partial charge in [0.25, 0.3) is 0 Å². The summed E-state index contributed by atoms with van der Waals surface area (Å²) >= 11 is 0. The molecule has 0 heterocycles. The first kappa shape index (κ1) is 16.4. The molecule has 3 unspecified atom stereocenters. The van der Waals surface area contributed by atoms with Crippen LogP contribution in [0.3, 0.4) is 0 Å². The lowest BCUT2D eigenvalue weighted by Gasteiger charge is -2.34. The number of benzene rings is 1. The van der Waals surface area contributed by atoms with E-state index in [0.717, 1.165) is 11.7 Å². The second-order valence-corrected chi connectivity index (χ2v) is 6.68. The van der Waals surface area contributed by atoms with E-state index < -0.39 is 0 Å². The molecule has 1 aromatic rings. The van der Waals surface area contributed by atoms with Crippen molar-refractivity contribution in [2.45, 2.75) is 78.0 Å². The first-order chi connectivity index (χ1) is 10.1. The normalized spacial score (nSPS) is 24.0. The molecule has 0 bridgehead atoms. The van der Waals surface area contributed by atoms with E-state index in [1.54, 1.807) is 0 Å². The Bertz CT molecular complexity index is 412. The van der Waals surface area contributed by atoms with Crippen LogP contribution in [0.5, 0.6) is 5.75 Å². The molecule has 0 radical (unpaired) electrons. The topological polar surface area (TPSA) is 21.3 Å². The van der Waals surface area contributed by atoms with Gasteiger partial charge < -0.3 is 10.1 Å². The van der Waals surface area contributed by atoms with Crippen LogP contribution in [0.1, 0.15) is 71.4 Å². The zero-order valence-electron chi connectivity index (χ0n) is 14.1. The highest BCUT2D eigenvalue weighted by atomic mass is 16.5. The lowest BCUT2D eigenvalue weighted by Crippen LogP contribution is -2.39. The van der Waals surface area contributed by atoms with Gasteiger partial charge in [0, 0.05) is 12.1 Å². The summed E-state index contributed by atoms with van der Waals surface area (Å²) in [5, 5.41) is 3.86. The summed E-state index contributed by atoms with van der Waals surface area (Å²) in [6.07, 6.45) is 7.04. The molecule has 0 aliphatic heterocycles. The summed E-state index contributed by atoms with van der Waals surface area (Å²) in [6, 6.07) is 9.66. The lowest BCUT2D eigenvalue weighted by molar-refractivity contribution is 0.239. The van der Waals surface area contributed by atoms with Gasteiger partial charge >= 0.3 is 0 Å². The van der Waals surface area contributed by atoms with Gasteiger partial charge in [-0.25, -0.2) is 0 Å². The average molecular weight is 289 g/mol. The maximum atomic E-state index is 5.71. The largest absolute Gasteiger partial charge is 0.491 e. The first-order valence-corrected chi connectivity index (χ1v) is 8.62. The molecule has 0 spiro atoms. The van der Waals surface area contributed by atoms with Crippen molar-refractivity contribution in [2.75, 3.05) is 0 Å². The molecule has 0 amide bonds. The zero-order valence-corrected chi connectivity index (χ0v) is 14.1. The van der Waals surface area contributed by atoms with Crippen LogP contribution in [0.15, 0.2) is 24.3 Å². The van der Waals surface area contributed by atoms with Crippen molar-refractivity contribution in [2.24, 2.45) is 5.92 Å². The number of nitrogens with one attached hydrogen (secondary N) is 1. The molecule has 1 aliphatic carbocycles. The first-order valence-electron chi connectivity index (χ1n) is 8.62. The predicted molar refractivity (Wildman–Crippen MR) is 89.8 cm³/mol. The highest BCUT2D eigenvalue weighted by Crippen LogP contribution is 2.29. The highest BCUT2D eigenvalue weighted by Gasteiger charge is 2.24. The third-order valence-electron chi connectivity index (χ3n) is 4.65. The Labute approximate surface area is 130 Å². The van der Waals surface area contributed by atoms with Gasteiger partial charge in [-0.05, 0) is 57.2 Å². The summed E-state index contributed by atoms with van der Waals surface area (Å²) in [6.45, 7) is 8.73. The van der Waals surface area contributed by atoms with Crippen molar-refractivity contribution in [3.8, 4) is 5.75 Å². The van der Waals surface area contributed by atoms with Gasteiger partial charge in [0.2, 0.25) is 0 Å². The summed E-state index contributed by atoms with van der Waals surface area (Å²) in [4.78, 5) is 0. The summed E-state index contributed by atoms with van der Waals surface area (Å²) in [5.41, 5.74) is 1.35. The van der Waals surface area contributed by atoms with Gasteiger partial charge in [0.15, 0.2) is 0 Å². The van der Waals surface area contributed by atoms with Crippen LogP contribution in [-0.4, -0.2) is 12.1 Å². The fourth-order valence-electron chi connectivity index (χ4n) is 3.44. The van der Waals surface area contributed by atoms with E-state index in [4.69, 9.17) is 4.74 Å². The second-order valence-electron chi connectivity index (χ2n) is 6.68. The van der Waals surface area contributed by atoms with Crippen LogP contribution in [0.4, 0.5) is 0 Å². The third-order valence-corrected chi connectivity index (χ3v) is 4.65. The zero-order chi connectivity index (χ0) is 15.2. The van der Waals surface area contributed by atoms with Gasteiger partial charge in [-0.2, -0.15) is 0 Å². The van der Waals surface area contributed by atoms with Gasteiger partial charge in [-0.3, -0.25) is 0 Å². The van der Waals surface area contributed by atoms with Crippen LogP contribution in [0.25, 0.3) is 0 Å². The Morgan fingerprint density at radius 3 is 2.38 bits per heavy atom. The van der Waals surface area contributed by atoms with Crippen LogP contribution in [0, 0.1) is 5.92 Å². The summed E-state index contributed by atoms with van der Waals surface area (Å²) in [7, 11) is 0. The quantitative estimate of drug-likeness (QED) is 0.787. The average Bonchev–Trinajstić information content (AvgIpc) is 2.48. The minimum atomic E-state index is 0.235. The molecule has 0 aromatic heterocycles. The van der Waals surface area contributed by atoms with E-state index in [-0.39, 0.29) is 6.10 Å². The molecule has 3 atom stereocenters. The smallest absolute Gasteiger partial charge is 0.119 e. The minimum Gasteiger partial charge on any atom is -0.491 e. The monoisotopic (exact) mass is 289 g/mol. The molecule has 118 valence electrons. The molecule has 2 heteroatoms. The van der Waals surface area contributed by atoms with Crippen molar-refractivity contribution in [3.05, 3.63) is 29.8 Å². The molecule has 2 rings (SSSR count). The SMILES string of the molecule is CCC1CCCCC1NC(C)c1ccc(OC(C)C)cc1. The molecule has 1 aliphatic rings. The summed E-state index contributed by atoms with van der Waals surface area (Å²) < 4.78 is 5.71. The fourth-order valence-corrected chi connectivity index (χ4v) is 3.44. The van der Waals surface area contributed by atoms with Gasteiger partial charge in [0.05, 0.1) is 6.10 Å². The second kappa shape index (κ2) is 7.84. The molecule has 1 saturated carbocycles. The highest BCUT2D eigenvalue weighted by molar-refractivity contribution is 5.29. The minimum absolute atomic E-state index is 0.235. The van der Waals surface area contributed by atoms with Gasteiger partial charge in [0.1, 0.15) is 5.75 Å². The molecule has 1 aromatic carbocycles. The number of hydrogen-bond donors (Lipinski definition) is 1. The van der Waals surface area contributed by atoms with Crippen LogP contribution in [0.2, 0.25) is 0 Å². The van der Waals surface area contributed by atoms with E-state index in [2.05, 4.69) is 57.3 Å².